The average Bonchev–Trinajstić information content (AvgIpc) is 2.47. The molecule has 0 radical (unpaired) electrons. The summed E-state index contributed by atoms with van der Waals surface area (Å²) < 4.78 is 0. The monoisotopic (exact) mass is 233 g/mol. The molecule has 0 aliphatic rings. The zero-order chi connectivity index (χ0) is 7.68. The Morgan fingerprint density at radius 2 is 1.92 bits per heavy atom. The first-order valence-electron chi connectivity index (χ1n) is 4.05. The molecule has 0 heterocycles. The van der Waals surface area contributed by atoms with E-state index >= 15 is 0 Å². The van der Waals surface area contributed by atoms with E-state index in [1.54, 1.807) is 0 Å². The molecule has 0 aromatic heterocycles. The van der Waals surface area contributed by atoms with Gasteiger partial charge in [0.15, 0.2) is 0 Å². The molecule has 0 unspecified atom stereocenters. The Hall–Kier alpha value is -0.287. The normalized spacial score (nSPS) is 9.75. The molecule has 0 aliphatic heterocycles. The van der Waals surface area contributed by atoms with E-state index in [-0.39, 0.29) is 26.2 Å². The van der Waals surface area contributed by atoms with E-state index in [9.17, 15) is 0 Å². The van der Waals surface area contributed by atoms with E-state index in [1.165, 1.54) is 16.3 Å². The van der Waals surface area contributed by atoms with Crippen LogP contribution in [0.4, 0.5) is 0 Å². The van der Waals surface area contributed by atoms with Gasteiger partial charge in [0, 0.05) is 26.2 Å². The summed E-state index contributed by atoms with van der Waals surface area (Å²) in [7, 11) is 0. The largest absolute Gasteiger partial charge is 0.168 e. The maximum Gasteiger partial charge on any atom is 0 e. The predicted octanol–water partition coefficient (Wildman–Crippen LogP) is 3.12. The topological polar surface area (TPSA) is 0 Å². The van der Waals surface area contributed by atoms with Gasteiger partial charge in [0.1, 0.15) is 0 Å². The fraction of sp³-hybridized carbons (Fsp3) is 0.182. The summed E-state index contributed by atoms with van der Waals surface area (Å²) in [6.45, 7) is 2.20. The molecule has 0 nitrogen and oxygen atoms in total. The molecule has 0 aliphatic carbocycles. The van der Waals surface area contributed by atoms with Crippen molar-refractivity contribution in [1.82, 2.24) is 0 Å². The van der Waals surface area contributed by atoms with Crippen LogP contribution in [0.1, 0.15) is 12.5 Å². The van der Waals surface area contributed by atoms with Crippen LogP contribution in [0.15, 0.2) is 36.4 Å². The first kappa shape index (κ1) is 9.80. The van der Waals surface area contributed by atoms with E-state index in [1.807, 2.05) is 0 Å². The van der Waals surface area contributed by atoms with Crippen LogP contribution in [-0.4, -0.2) is 0 Å². The predicted molar refractivity (Wildman–Crippen MR) is 48.9 cm³/mol. The van der Waals surface area contributed by atoms with Crippen molar-refractivity contribution in [3.63, 3.8) is 0 Å². The summed E-state index contributed by atoms with van der Waals surface area (Å²) in [5.74, 6) is 0. The first-order chi connectivity index (χ1) is 5.42. The summed E-state index contributed by atoms with van der Waals surface area (Å²) in [6, 6.07) is 12.9. The van der Waals surface area contributed by atoms with Crippen molar-refractivity contribution in [1.29, 1.82) is 0 Å². The second kappa shape index (κ2) is 4.09. The van der Waals surface area contributed by atoms with Gasteiger partial charge in [-0.1, -0.05) is 19.4 Å². The molecular formula is C11H11Zr-. The van der Waals surface area contributed by atoms with Crippen molar-refractivity contribution in [3.05, 3.63) is 42.0 Å². The van der Waals surface area contributed by atoms with Crippen LogP contribution < -0.4 is 0 Å². The van der Waals surface area contributed by atoms with Gasteiger partial charge in [0.05, 0.1) is 0 Å². The van der Waals surface area contributed by atoms with Crippen LogP contribution in [0, 0.1) is 0 Å². The number of aryl methyl sites for hydroxylation is 1. The van der Waals surface area contributed by atoms with Crippen LogP contribution in [0.2, 0.25) is 0 Å². The molecule has 1 heteroatoms. The first-order valence-corrected chi connectivity index (χ1v) is 4.05. The molecular weight excluding hydrogens is 223 g/mol. The van der Waals surface area contributed by atoms with Gasteiger partial charge < -0.3 is 0 Å². The van der Waals surface area contributed by atoms with E-state index < -0.39 is 0 Å². The number of rotatable bonds is 1. The third kappa shape index (κ3) is 1.56. The third-order valence-corrected chi connectivity index (χ3v) is 2.15. The fourth-order valence-corrected chi connectivity index (χ4v) is 1.52. The molecule has 0 spiro atoms. The molecule has 60 valence electrons. The van der Waals surface area contributed by atoms with Gasteiger partial charge in [-0.3, -0.25) is 0 Å². The number of hydrogen-bond acceptors (Lipinski definition) is 0. The van der Waals surface area contributed by atoms with Gasteiger partial charge in [-0.25, -0.2) is 0 Å². The molecule has 2 rings (SSSR count). The molecule has 2 aromatic rings. The molecule has 0 bridgehead atoms. The van der Waals surface area contributed by atoms with Crippen LogP contribution in [0.3, 0.4) is 0 Å². The summed E-state index contributed by atoms with van der Waals surface area (Å²) >= 11 is 0. The Labute approximate surface area is 92.1 Å². The van der Waals surface area contributed by atoms with Crippen LogP contribution >= 0.6 is 0 Å². The average molecular weight is 234 g/mol. The Morgan fingerprint density at radius 3 is 2.67 bits per heavy atom. The second-order valence-corrected chi connectivity index (χ2v) is 2.80. The maximum absolute atomic E-state index is 2.21. The van der Waals surface area contributed by atoms with Crippen LogP contribution in [-0.2, 0) is 32.6 Å². The van der Waals surface area contributed by atoms with E-state index in [2.05, 4.69) is 43.3 Å². The standard InChI is InChI=1S/C11H11.Zr/c1-2-9-7-8-10-5-3-4-6-11(9)10;/h3-8H,2H2,1H3;/q-1;. The van der Waals surface area contributed by atoms with Gasteiger partial charge in [-0.2, -0.15) is 6.07 Å². The van der Waals surface area contributed by atoms with Crippen molar-refractivity contribution in [3.8, 4) is 0 Å². The molecule has 0 atom stereocenters. The molecule has 0 saturated heterocycles. The maximum atomic E-state index is 2.21. The fourth-order valence-electron chi connectivity index (χ4n) is 1.52. The second-order valence-electron chi connectivity index (χ2n) is 2.80. The molecule has 0 saturated carbocycles. The van der Waals surface area contributed by atoms with Crippen molar-refractivity contribution >= 4 is 10.8 Å². The minimum Gasteiger partial charge on any atom is -0.168 e. The number of benzene rings is 1. The zero-order valence-electron chi connectivity index (χ0n) is 7.17. The van der Waals surface area contributed by atoms with Crippen LogP contribution in [0.25, 0.3) is 10.8 Å². The summed E-state index contributed by atoms with van der Waals surface area (Å²) in [5, 5.41) is 2.78. The molecule has 0 fully saturated rings. The van der Waals surface area contributed by atoms with Crippen molar-refractivity contribution < 1.29 is 26.2 Å². The van der Waals surface area contributed by atoms with Crippen molar-refractivity contribution in [2.45, 2.75) is 13.3 Å². The van der Waals surface area contributed by atoms with Gasteiger partial charge in [0.2, 0.25) is 0 Å². The summed E-state index contributed by atoms with van der Waals surface area (Å²) in [6.07, 6.45) is 1.13. The van der Waals surface area contributed by atoms with Gasteiger partial charge in [0.25, 0.3) is 0 Å². The zero-order valence-corrected chi connectivity index (χ0v) is 9.63. The Kier molecular flexibility index (Phi) is 3.34. The van der Waals surface area contributed by atoms with Gasteiger partial charge in [-0.15, -0.1) is 40.6 Å². The third-order valence-electron chi connectivity index (χ3n) is 2.15. The Bertz CT molecular complexity index is 360. The molecule has 0 amide bonds. The van der Waals surface area contributed by atoms with Crippen LogP contribution in [0.5, 0.6) is 0 Å². The van der Waals surface area contributed by atoms with Gasteiger partial charge in [-0.05, 0) is 0 Å². The molecule has 2 aromatic carbocycles. The number of hydrogen-bond donors (Lipinski definition) is 0. The molecule has 0 N–H and O–H groups in total. The smallest absolute Gasteiger partial charge is 0 e. The van der Waals surface area contributed by atoms with Gasteiger partial charge >= 0.3 is 0 Å². The van der Waals surface area contributed by atoms with E-state index in [0.29, 0.717) is 0 Å². The summed E-state index contributed by atoms with van der Waals surface area (Å²) in [5.41, 5.74) is 1.46. The minimum absolute atomic E-state index is 0. The van der Waals surface area contributed by atoms with Crippen molar-refractivity contribution in [2.24, 2.45) is 0 Å². The Morgan fingerprint density at radius 1 is 1.17 bits per heavy atom. The number of fused-ring (bicyclic) bond motifs is 1. The minimum atomic E-state index is 0. The van der Waals surface area contributed by atoms with E-state index in [4.69, 9.17) is 0 Å². The Balaban J connectivity index is 0.000000720. The summed E-state index contributed by atoms with van der Waals surface area (Å²) in [4.78, 5) is 0. The molecule has 12 heavy (non-hydrogen) atoms. The van der Waals surface area contributed by atoms with E-state index in [0.717, 1.165) is 6.42 Å². The van der Waals surface area contributed by atoms with Crippen molar-refractivity contribution in [2.75, 3.05) is 0 Å². The SMILES string of the molecule is CC[c-]1ccc2ccccc21.[Zr]. The quantitative estimate of drug-likeness (QED) is 0.665.